The molecule has 16 heavy (non-hydrogen) atoms. The van der Waals surface area contributed by atoms with Gasteiger partial charge >= 0.3 is 0 Å². The van der Waals surface area contributed by atoms with Crippen molar-refractivity contribution in [3.05, 3.63) is 23.9 Å². The summed E-state index contributed by atoms with van der Waals surface area (Å²) >= 11 is 0. The van der Waals surface area contributed by atoms with Gasteiger partial charge in [0.2, 0.25) is 0 Å². The standard InChI is InChI=1S/C12H15N3O/c13-6-10-4-9-5-11(9)15(10)12-8(7-16)2-1-3-14-12/h1-3,7,9-11H,4-6,13H2. The zero-order chi connectivity index (χ0) is 11.1. The molecular weight excluding hydrogens is 202 g/mol. The molecule has 1 saturated heterocycles. The lowest BCUT2D eigenvalue weighted by Gasteiger charge is -2.28. The third-order valence-electron chi connectivity index (χ3n) is 3.67. The van der Waals surface area contributed by atoms with Crippen LogP contribution in [0.15, 0.2) is 18.3 Å². The maximum absolute atomic E-state index is 11.0. The molecule has 1 saturated carbocycles. The molecular formula is C12H15N3O. The summed E-state index contributed by atoms with van der Waals surface area (Å²) in [4.78, 5) is 17.6. The first-order chi connectivity index (χ1) is 7.85. The predicted octanol–water partition coefficient (Wildman–Crippen LogP) is 0.820. The smallest absolute Gasteiger partial charge is 0.153 e. The fraction of sp³-hybridized carbons (Fsp3) is 0.500. The van der Waals surface area contributed by atoms with E-state index in [-0.39, 0.29) is 0 Å². The van der Waals surface area contributed by atoms with Crippen LogP contribution in [-0.2, 0) is 0 Å². The van der Waals surface area contributed by atoms with E-state index in [1.807, 2.05) is 6.07 Å². The summed E-state index contributed by atoms with van der Waals surface area (Å²) in [6.45, 7) is 0.641. The lowest BCUT2D eigenvalue weighted by Crippen LogP contribution is -2.39. The summed E-state index contributed by atoms with van der Waals surface area (Å²) in [5, 5.41) is 0. The molecule has 4 nitrogen and oxygen atoms in total. The van der Waals surface area contributed by atoms with Gasteiger partial charge in [-0.15, -0.1) is 0 Å². The minimum absolute atomic E-state index is 0.359. The zero-order valence-electron chi connectivity index (χ0n) is 9.04. The molecule has 1 aliphatic carbocycles. The van der Waals surface area contributed by atoms with Crippen molar-refractivity contribution in [2.75, 3.05) is 11.4 Å². The Morgan fingerprint density at radius 2 is 2.44 bits per heavy atom. The van der Waals surface area contributed by atoms with Gasteiger partial charge in [0.1, 0.15) is 5.82 Å². The Bertz CT molecular complexity index is 420. The lowest BCUT2D eigenvalue weighted by atomic mass is 10.1. The van der Waals surface area contributed by atoms with Crippen molar-refractivity contribution < 1.29 is 4.79 Å². The summed E-state index contributed by atoms with van der Waals surface area (Å²) in [6.07, 6.45) is 5.00. The maximum atomic E-state index is 11.0. The fourth-order valence-electron chi connectivity index (χ4n) is 2.82. The van der Waals surface area contributed by atoms with Gasteiger partial charge in [0.25, 0.3) is 0 Å². The first-order valence-electron chi connectivity index (χ1n) is 5.73. The summed E-state index contributed by atoms with van der Waals surface area (Å²) in [5.41, 5.74) is 6.45. The van der Waals surface area contributed by atoms with Crippen molar-refractivity contribution in [2.45, 2.75) is 24.9 Å². The van der Waals surface area contributed by atoms with Gasteiger partial charge in [-0.3, -0.25) is 4.79 Å². The normalized spacial score (nSPS) is 31.3. The Labute approximate surface area is 94.5 Å². The molecule has 0 bridgehead atoms. The highest BCUT2D eigenvalue weighted by Crippen LogP contribution is 2.49. The maximum Gasteiger partial charge on any atom is 0.153 e. The molecule has 1 aromatic heterocycles. The van der Waals surface area contributed by atoms with E-state index in [4.69, 9.17) is 5.73 Å². The van der Waals surface area contributed by atoms with Crippen LogP contribution in [-0.4, -0.2) is 29.9 Å². The summed E-state index contributed by atoms with van der Waals surface area (Å²) in [5.74, 6) is 1.59. The average molecular weight is 217 g/mol. The van der Waals surface area contributed by atoms with E-state index in [1.165, 1.54) is 6.42 Å². The van der Waals surface area contributed by atoms with Crippen LogP contribution in [0.1, 0.15) is 23.2 Å². The van der Waals surface area contributed by atoms with Gasteiger partial charge in [-0.25, -0.2) is 4.98 Å². The molecule has 2 fully saturated rings. The minimum Gasteiger partial charge on any atom is -0.348 e. The van der Waals surface area contributed by atoms with Gasteiger partial charge in [0.05, 0.1) is 5.56 Å². The van der Waals surface area contributed by atoms with Crippen molar-refractivity contribution in [1.29, 1.82) is 0 Å². The quantitative estimate of drug-likeness (QED) is 0.761. The molecule has 2 aliphatic rings. The van der Waals surface area contributed by atoms with Crippen molar-refractivity contribution >= 4 is 12.1 Å². The fourth-order valence-corrected chi connectivity index (χ4v) is 2.82. The predicted molar refractivity (Wildman–Crippen MR) is 61.5 cm³/mol. The monoisotopic (exact) mass is 217 g/mol. The molecule has 3 unspecified atom stereocenters. The van der Waals surface area contributed by atoms with Crippen LogP contribution in [0.4, 0.5) is 5.82 Å². The number of aldehydes is 1. The molecule has 4 heteroatoms. The Morgan fingerprint density at radius 3 is 3.19 bits per heavy atom. The molecule has 0 aromatic carbocycles. The Morgan fingerprint density at radius 1 is 1.56 bits per heavy atom. The van der Waals surface area contributed by atoms with Crippen molar-refractivity contribution in [2.24, 2.45) is 11.7 Å². The van der Waals surface area contributed by atoms with E-state index in [2.05, 4.69) is 9.88 Å². The van der Waals surface area contributed by atoms with E-state index in [1.54, 1.807) is 12.3 Å². The molecule has 84 valence electrons. The van der Waals surface area contributed by atoms with Crippen LogP contribution in [0.3, 0.4) is 0 Å². The second kappa shape index (κ2) is 3.56. The average Bonchev–Trinajstić information content (AvgIpc) is 3.00. The molecule has 0 amide bonds. The zero-order valence-corrected chi connectivity index (χ0v) is 9.04. The van der Waals surface area contributed by atoms with Gasteiger partial charge in [-0.1, -0.05) is 0 Å². The van der Waals surface area contributed by atoms with Crippen molar-refractivity contribution in [3.63, 3.8) is 0 Å². The van der Waals surface area contributed by atoms with Crippen LogP contribution in [0.5, 0.6) is 0 Å². The van der Waals surface area contributed by atoms with Crippen LogP contribution in [0.2, 0.25) is 0 Å². The van der Waals surface area contributed by atoms with E-state index in [0.717, 1.165) is 24.4 Å². The number of aromatic nitrogens is 1. The minimum atomic E-state index is 0.359. The number of nitrogens with two attached hydrogens (primary N) is 1. The number of pyridine rings is 1. The number of fused-ring (bicyclic) bond motifs is 1. The number of hydrogen-bond acceptors (Lipinski definition) is 4. The van der Waals surface area contributed by atoms with Crippen molar-refractivity contribution in [1.82, 2.24) is 4.98 Å². The Hall–Kier alpha value is -1.42. The molecule has 0 radical (unpaired) electrons. The number of hydrogen-bond donors (Lipinski definition) is 1. The Balaban J connectivity index is 1.98. The van der Waals surface area contributed by atoms with E-state index in [9.17, 15) is 4.79 Å². The van der Waals surface area contributed by atoms with E-state index >= 15 is 0 Å². The Kier molecular flexibility index (Phi) is 2.17. The highest BCUT2D eigenvalue weighted by molar-refractivity contribution is 5.83. The molecule has 3 atom stereocenters. The number of carbonyl (C=O) groups is 1. The summed E-state index contributed by atoms with van der Waals surface area (Å²) in [6, 6.07) is 4.54. The highest BCUT2D eigenvalue weighted by Gasteiger charge is 2.52. The third kappa shape index (κ3) is 1.33. The summed E-state index contributed by atoms with van der Waals surface area (Å²) < 4.78 is 0. The number of rotatable bonds is 3. The van der Waals surface area contributed by atoms with Crippen LogP contribution >= 0.6 is 0 Å². The SMILES string of the molecule is NCC1CC2CC2N1c1ncccc1C=O. The highest BCUT2D eigenvalue weighted by atomic mass is 16.1. The first-order valence-corrected chi connectivity index (χ1v) is 5.73. The molecule has 2 heterocycles. The summed E-state index contributed by atoms with van der Waals surface area (Å²) in [7, 11) is 0. The van der Waals surface area contributed by atoms with Gasteiger partial charge < -0.3 is 10.6 Å². The van der Waals surface area contributed by atoms with Gasteiger partial charge in [0, 0.05) is 24.8 Å². The van der Waals surface area contributed by atoms with Gasteiger partial charge in [-0.2, -0.15) is 0 Å². The third-order valence-corrected chi connectivity index (χ3v) is 3.67. The number of carbonyl (C=O) groups excluding carboxylic acids is 1. The van der Waals surface area contributed by atoms with E-state index < -0.39 is 0 Å². The van der Waals surface area contributed by atoms with Gasteiger partial charge in [-0.05, 0) is 30.9 Å². The van der Waals surface area contributed by atoms with Crippen LogP contribution in [0.25, 0.3) is 0 Å². The van der Waals surface area contributed by atoms with Crippen molar-refractivity contribution in [3.8, 4) is 0 Å². The second-order valence-corrected chi connectivity index (χ2v) is 4.63. The topological polar surface area (TPSA) is 59.2 Å². The van der Waals surface area contributed by atoms with Crippen LogP contribution < -0.4 is 10.6 Å². The number of nitrogens with zero attached hydrogens (tertiary/aromatic N) is 2. The lowest BCUT2D eigenvalue weighted by molar-refractivity contribution is 0.112. The molecule has 1 aliphatic heterocycles. The van der Waals surface area contributed by atoms with Gasteiger partial charge in [0.15, 0.2) is 6.29 Å². The first kappa shape index (κ1) is 9.78. The number of anilines is 1. The largest absolute Gasteiger partial charge is 0.348 e. The molecule has 2 N–H and O–H groups in total. The number of piperidine rings is 1. The molecule has 0 spiro atoms. The molecule has 1 aromatic rings. The van der Waals surface area contributed by atoms with E-state index in [0.29, 0.717) is 24.2 Å². The van der Waals surface area contributed by atoms with Crippen LogP contribution in [0, 0.1) is 5.92 Å². The second-order valence-electron chi connectivity index (χ2n) is 4.63. The molecule has 3 rings (SSSR count).